The number of anilines is 1. The largest absolute Gasteiger partial charge is 0.476 e. The highest BCUT2D eigenvalue weighted by Gasteiger charge is 2.23. The third-order valence-corrected chi connectivity index (χ3v) is 2.74. The molecule has 0 unspecified atom stereocenters. The Balaban J connectivity index is 2.45. The highest BCUT2D eigenvalue weighted by atomic mass is 16.6. The van der Waals surface area contributed by atoms with Crippen LogP contribution in [0.3, 0.4) is 0 Å². The summed E-state index contributed by atoms with van der Waals surface area (Å²) in [4.78, 5) is 28.9. The van der Waals surface area contributed by atoms with E-state index in [4.69, 9.17) is 4.74 Å². The molecule has 0 saturated heterocycles. The quantitative estimate of drug-likeness (QED) is 0.316. The van der Waals surface area contributed by atoms with Crippen molar-refractivity contribution in [3.8, 4) is 5.88 Å². The summed E-state index contributed by atoms with van der Waals surface area (Å²) in [7, 11) is 2.66. The van der Waals surface area contributed by atoms with Crippen LogP contribution in [0.4, 0.5) is 11.5 Å². The van der Waals surface area contributed by atoms with Crippen LogP contribution in [0, 0.1) is 10.1 Å². The number of hydrogen-bond acceptors (Lipinski definition) is 8. The fourth-order valence-electron chi connectivity index (χ4n) is 1.69. The third kappa shape index (κ3) is 5.21. The molecule has 1 N–H and O–H groups in total. The minimum Gasteiger partial charge on any atom is -0.476 e. The molecule has 0 saturated carbocycles. The summed E-state index contributed by atoms with van der Waals surface area (Å²) >= 11 is 0. The Bertz CT molecular complexity index is 495. The summed E-state index contributed by atoms with van der Waals surface area (Å²) in [6.45, 7) is 0.502. The van der Waals surface area contributed by atoms with E-state index in [1.165, 1.54) is 20.5 Å². The number of nitrogens with one attached hydrogen (secondary N) is 1. The molecule has 0 aliphatic heterocycles. The van der Waals surface area contributed by atoms with Crippen LogP contribution in [-0.4, -0.2) is 41.6 Å². The summed E-state index contributed by atoms with van der Waals surface area (Å²) in [5, 5.41) is 13.9. The maximum Gasteiger partial charge on any atom is 0.372 e. The first-order valence-electron chi connectivity index (χ1n) is 6.44. The smallest absolute Gasteiger partial charge is 0.372 e. The van der Waals surface area contributed by atoms with Gasteiger partial charge in [-0.3, -0.25) is 14.9 Å². The number of esters is 1. The molecule has 1 aromatic rings. The molecular weight excluding hydrogens is 280 g/mol. The number of carbonyl (C=O) groups excluding carboxylic acids is 1. The van der Waals surface area contributed by atoms with Gasteiger partial charge in [-0.1, -0.05) is 6.42 Å². The average molecular weight is 298 g/mol. The van der Waals surface area contributed by atoms with E-state index in [-0.39, 0.29) is 23.4 Å². The first-order valence-corrected chi connectivity index (χ1v) is 6.44. The summed E-state index contributed by atoms with van der Waals surface area (Å²) in [5.41, 5.74) is -0.283. The van der Waals surface area contributed by atoms with Crippen LogP contribution in [0.25, 0.3) is 0 Å². The van der Waals surface area contributed by atoms with Crippen LogP contribution in [0.15, 0.2) is 6.33 Å². The molecule has 0 aliphatic carbocycles. The molecule has 0 amide bonds. The van der Waals surface area contributed by atoms with Gasteiger partial charge in [0.05, 0.1) is 19.1 Å². The van der Waals surface area contributed by atoms with Gasteiger partial charge in [0.15, 0.2) is 0 Å². The third-order valence-electron chi connectivity index (χ3n) is 2.74. The average Bonchev–Trinajstić information content (AvgIpc) is 2.49. The lowest BCUT2D eigenvalue weighted by Gasteiger charge is -2.07. The highest BCUT2D eigenvalue weighted by molar-refractivity contribution is 5.69. The van der Waals surface area contributed by atoms with Crippen molar-refractivity contribution in [2.24, 2.45) is 0 Å². The number of ether oxygens (including phenoxy) is 2. The lowest BCUT2D eigenvalue weighted by molar-refractivity contribution is -0.385. The molecule has 0 fully saturated rings. The summed E-state index contributed by atoms with van der Waals surface area (Å²) in [6, 6.07) is 0. The Labute approximate surface area is 121 Å². The number of unbranched alkanes of at least 4 members (excludes halogenated alkanes) is 2. The minimum absolute atomic E-state index is 0.0804. The van der Waals surface area contributed by atoms with Crippen LogP contribution < -0.4 is 10.1 Å². The molecule has 1 aromatic heterocycles. The van der Waals surface area contributed by atoms with E-state index in [0.717, 1.165) is 12.8 Å². The molecule has 21 heavy (non-hydrogen) atoms. The van der Waals surface area contributed by atoms with Gasteiger partial charge in [0.25, 0.3) is 5.88 Å². The maximum absolute atomic E-state index is 11.0. The van der Waals surface area contributed by atoms with Gasteiger partial charge in [-0.05, 0) is 12.8 Å². The zero-order valence-electron chi connectivity index (χ0n) is 12.0. The zero-order chi connectivity index (χ0) is 15.7. The van der Waals surface area contributed by atoms with E-state index in [9.17, 15) is 14.9 Å². The molecule has 0 atom stereocenters. The maximum atomic E-state index is 11.0. The first-order chi connectivity index (χ1) is 10.1. The molecule has 9 nitrogen and oxygen atoms in total. The predicted molar refractivity (Wildman–Crippen MR) is 74.2 cm³/mol. The van der Waals surface area contributed by atoms with Gasteiger partial charge in [0.2, 0.25) is 5.82 Å². The van der Waals surface area contributed by atoms with Crippen molar-refractivity contribution in [2.45, 2.75) is 25.7 Å². The molecule has 9 heteroatoms. The van der Waals surface area contributed by atoms with Crippen LogP contribution in [0.2, 0.25) is 0 Å². The van der Waals surface area contributed by atoms with Gasteiger partial charge >= 0.3 is 11.7 Å². The van der Waals surface area contributed by atoms with Crippen molar-refractivity contribution in [1.82, 2.24) is 9.97 Å². The van der Waals surface area contributed by atoms with Gasteiger partial charge in [0, 0.05) is 13.0 Å². The lowest BCUT2D eigenvalue weighted by atomic mass is 10.2. The number of rotatable bonds is 9. The highest BCUT2D eigenvalue weighted by Crippen LogP contribution is 2.30. The van der Waals surface area contributed by atoms with Gasteiger partial charge in [0.1, 0.15) is 6.33 Å². The van der Waals surface area contributed by atoms with Crippen molar-refractivity contribution in [1.29, 1.82) is 0 Å². The van der Waals surface area contributed by atoms with E-state index in [0.29, 0.717) is 19.4 Å². The molecule has 1 rings (SSSR count). The topological polar surface area (TPSA) is 116 Å². The number of nitro groups is 1. The van der Waals surface area contributed by atoms with Gasteiger partial charge < -0.3 is 14.8 Å². The fourth-order valence-corrected chi connectivity index (χ4v) is 1.69. The van der Waals surface area contributed by atoms with E-state index in [1.54, 1.807) is 0 Å². The monoisotopic (exact) mass is 298 g/mol. The first kappa shape index (κ1) is 16.6. The number of nitrogens with zero attached hydrogens (tertiary/aromatic N) is 3. The Kier molecular flexibility index (Phi) is 6.85. The Hall–Kier alpha value is -2.45. The van der Waals surface area contributed by atoms with E-state index < -0.39 is 4.92 Å². The Morgan fingerprint density at radius 3 is 2.71 bits per heavy atom. The van der Waals surface area contributed by atoms with Crippen LogP contribution in [0.1, 0.15) is 25.7 Å². The van der Waals surface area contributed by atoms with Crippen molar-refractivity contribution in [2.75, 3.05) is 26.1 Å². The summed E-state index contributed by atoms with van der Waals surface area (Å²) in [5.74, 6) is -0.192. The number of methoxy groups -OCH3 is 2. The van der Waals surface area contributed by atoms with Crippen LogP contribution in [0.5, 0.6) is 5.88 Å². The van der Waals surface area contributed by atoms with Gasteiger partial charge in [-0.25, -0.2) is 4.98 Å². The predicted octanol–water partition coefficient (Wildman–Crippen LogP) is 1.54. The van der Waals surface area contributed by atoms with Crippen molar-refractivity contribution in [3.05, 3.63) is 16.4 Å². The van der Waals surface area contributed by atoms with Crippen molar-refractivity contribution >= 4 is 17.5 Å². The zero-order valence-corrected chi connectivity index (χ0v) is 12.0. The second kappa shape index (κ2) is 8.67. The molecule has 0 bridgehead atoms. The van der Waals surface area contributed by atoms with E-state index in [2.05, 4.69) is 20.0 Å². The van der Waals surface area contributed by atoms with Crippen LogP contribution >= 0.6 is 0 Å². The van der Waals surface area contributed by atoms with E-state index in [1.807, 2.05) is 0 Å². The molecule has 116 valence electrons. The second-order valence-corrected chi connectivity index (χ2v) is 4.15. The second-order valence-electron chi connectivity index (χ2n) is 4.15. The minimum atomic E-state index is -0.585. The molecule has 0 aliphatic rings. The molecule has 0 radical (unpaired) electrons. The van der Waals surface area contributed by atoms with Crippen molar-refractivity contribution in [3.63, 3.8) is 0 Å². The Morgan fingerprint density at radius 1 is 1.33 bits per heavy atom. The molecule has 1 heterocycles. The number of carbonyl (C=O) groups is 1. The van der Waals surface area contributed by atoms with Gasteiger partial charge in [-0.2, -0.15) is 4.98 Å². The van der Waals surface area contributed by atoms with E-state index >= 15 is 0 Å². The Morgan fingerprint density at radius 2 is 2.10 bits per heavy atom. The fraction of sp³-hybridized carbons (Fsp3) is 0.583. The SMILES string of the molecule is COC(=O)CCCCCNc1ncnc(OC)c1[N+](=O)[O-]. The lowest BCUT2D eigenvalue weighted by Crippen LogP contribution is -2.08. The molecular formula is C12H18N4O5. The standard InChI is InChI=1S/C12H18N4O5/c1-20-9(17)6-4-3-5-7-13-11-10(16(18)19)12(21-2)15-8-14-11/h8H,3-7H2,1-2H3,(H,13,14,15). The summed E-state index contributed by atoms with van der Waals surface area (Å²) < 4.78 is 9.38. The number of hydrogen-bond donors (Lipinski definition) is 1. The summed E-state index contributed by atoms with van der Waals surface area (Å²) in [6.07, 6.45) is 3.84. The van der Waals surface area contributed by atoms with Crippen LogP contribution in [-0.2, 0) is 9.53 Å². The molecule has 0 aromatic carbocycles. The molecule has 0 spiro atoms. The normalized spacial score (nSPS) is 10.0. The number of aromatic nitrogens is 2. The van der Waals surface area contributed by atoms with Gasteiger partial charge in [-0.15, -0.1) is 0 Å². The van der Waals surface area contributed by atoms with Crippen molar-refractivity contribution < 1.29 is 19.2 Å².